The number of aryl methyl sites for hydroxylation is 2. The number of aromatic nitrogens is 4. The molecule has 9 nitrogen and oxygen atoms in total. The van der Waals surface area contributed by atoms with Gasteiger partial charge < -0.3 is 14.8 Å². The van der Waals surface area contributed by atoms with Crippen LogP contribution in [0.2, 0.25) is 0 Å². The molecule has 0 spiro atoms. The van der Waals surface area contributed by atoms with Gasteiger partial charge in [0.15, 0.2) is 22.2 Å². The van der Waals surface area contributed by atoms with Gasteiger partial charge in [-0.15, -0.1) is 0 Å². The van der Waals surface area contributed by atoms with Crippen molar-refractivity contribution in [2.75, 3.05) is 25.3 Å². The summed E-state index contributed by atoms with van der Waals surface area (Å²) in [5.41, 5.74) is 3.28. The summed E-state index contributed by atoms with van der Waals surface area (Å²) in [6.45, 7) is 4.93. The van der Waals surface area contributed by atoms with E-state index in [-0.39, 0.29) is 17.2 Å². The van der Waals surface area contributed by atoms with E-state index in [4.69, 9.17) is 9.47 Å². The van der Waals surface area contributed by atoms with Crippen molar-refractivity contribution in [1.82, 2.24) is 19.3 Å². The van der Waals surface area contributed by atoms with Crippen LogP contribution in [0.25, 0.3) is 11.0 Å². The Labute approximate surface area is 207 Å². The normalized spacial score (nSPS) is 11.0. The molecule has 0 radical (unpaired) electrons. The van der Waals surface area contributed by atoms with Crippen molar-refractivity contribution < 1.29 is 14.3 Å². The van der Waals surface area contributed by atoms with E-state index in [1.807, 2.05) is 38.1 Å². The number of methoxy groups -OCH3 is 2. The topological polar surface area (TPSA) is 100 Å². The van der Waals surface area contributed by atoms with Crippen LogP contribution in [0, 0.1) is 6.92 Å². The first-order valence-electron chi connectivity index (χ1n) is 11.1. The lowest BCUT2D eigenvalue weighted by molar-refractivity contribution is -0.113. The van der Waals surface area contributed by atoms with Crippen molar-refractivity contribution >= 4 is 34.4 Å². The Morgan fingerprint density at radius 1 is 1.09 bits per heavy atom. The Morgan fingerprint density at radius 3 is 2.51 bits per heavy atom. The lowest BCUT2D eigenvalue weighted by Gasteiger charge is -2.13. The monoisotopic (exact) mass is 493 g/mol. The van der Waals surface area contributed by atoms with Gasteiger partial charge in [0.25, 0.3) is 5.56 Å². The van der Waals surface area contributed by atoms with Gasteiger partial charge in [-0.05, 0) is 31.5 Å². The molecule has 10 heteroatoms. The molecule has 0 atom stereocenters. The van der Waals surface area contributed by atoms with E-state index in [1.165, 1.54) is 18.9 Å². The lowest BCUT2D eigenvalue weighted by Crippen LogP contribution is -2.25. The van der Waals surface area contributed by atoms with Crippen molar-refractivity contribution in [3.8, 4) is 11.5 Å². The minimum absolute atomic E-state index is 0.0715. The first-order valence-corrected chi connectivity index (χ1v) is 12.1. The summed E-state index contributed by atoms with van der Waals surface area (Å²) in [5.74, 6) is 0.931. The zero-order chi connectivity index (χ0) is 24.9. The van der Waals surface area contributed by atoms with Crippen molar-refractivity contribution in [3.05, 3.63) is 70.1 Å². The number of fused-ring (bicyclic) bond motifs is 1. The first-order chi connectivity index (χ1) is 16.9. The fourth-order valence-corrected chi connectivity index (χ4v) is 4.35. The van der Waals surface area contributed by atoms with Gasteiger partial charge in [0.1, 0.15) is 5.52 Å². The van der Waals surface area contributed by atoms with Crippen LogP contribution >= 0.6 is 11.8 Å². The Kier molecular flexibility index (Phi) is 7.40. The van der Waals surface area contributed by atoms with Crippen LogP contribution in [-0.4, -0.2) is 45.2 Å². The molecule has 0 aliphatic heterocycles. The molecular formula is C25H27N5O4S. The number of amides is 1. The van der Waals surface area contributed by atoms with Gasteiger partial charge in [-0.3, -0.25) is 18.8 Å². The van der Waals surface area contributed by atoms with E-state index in [1.54, 1.807) is 40.8 Å². The number of hydrogen-bond acceptors (Lipinski definition) is 7. The quantitative estimate of drug-likeness (QED) is 0.280. The van der Waals surface area contributed by atoms with Crippen LogP contribution in [0.1, 0.15) is 18.1 Å². The zero-order valence-electron chi connectivity index (χ0n) is 20.1. The maximum absolute atomic E-state index is 13.3. The molecule has 1 amide bonds. The number of thioether (sulfide) groups is 1. The van der Waals surface area contributed by atoms with Crippen LogP contribution < -0.4 is 20.3 Å². The zero-order valence-corrected chi connectivity index (χ0v) is 20.9. The van der Waals surface area contributed by atoms with E-state index in [9.17, 15) is 9.59 Å². The third-order valence-corrected chi connectivity index (χ3v) is 6.40. The summed E-state index contributed by atoms with van der Waals surface area (Å²) < 4.78 is 13.8. The van der Waals surface area contributed by atoms with Gasteiger partial charge in [0, 0.05) is 18.3 Å². The first kappa shape index (κ1) is 24.3. The summed E-state index contributed by atoms with van der Waals surface area (Å²) in [4.78, 5) is 30.7. The summed E-state index contributed by atoms with van der Waals surface area (Å²) in [6.07, 6.45) is 1.75. The maximum Gasteiger partial charge on any atom is 0.282 e. The number of carbonyl (C=O) groups is 1. The lowest BCUT2D eigenvalue weighted by atomic mass is 10.1. The summed E-state index contributed by atoms with van der Waals surface area (Å²) in [5, 5.41) is 7.69. The molecule has 1 N–H and O–H groups in total. The summed E-state index contributed by atoms with van der Waals surface area (Å²) >= 11 is 1.21. The number of hydrogen-bond donors (Lipinski definition) is 1. The van der Waals surface area contributed by atoms with Gasteiger partial charge in [0.05, 0.1) is 32.7 Å². The highest BCUT2D eigenvalue weighted by atomic mass is 32.2. The number of rotatable bonds is 9. The standard InChI is InChI=1S/C25H27N5O4S/c1-5-29-14-19-23(28-29)24(32)30(13-17-8-6-16(2)7-9-17)25(27-19)35-15-22(31)26-18-10-11-20(33-3)21(12-18)34-4/h6-12,14H,5,13,15H2,1-4H3,(H,26,31). The molecule has 0 aliphatic rings. The van der Waals surface area contributed by atoms with Gasteiger partial charge in [0.2, 0.25) is 5.91 Å². The van der Waals surface area contributed by atoms with E-state index in [0.29, 0.717) is 46.5 Å². The maximum atomic E-state index is 13.3. The largest absolute Gasteiger partial charge is 0.493 e. The van der Waals surface area contributed by atoms with Gasteiger partial charge in [-0.2, -0.15) is 5.10 Å². The van der Waals surface area contributed by atoms with E-state index in [2.05, 4.69) is 15.4 Å². The van der Waals surface area contributed by atoms with Crippen LogP contribution in [0.5, 0.6) is 11.5 Å². The highest BCUT2D eigenvalue weighted by Gasteiger charge is 2.17. The molecule has 0 saturated carbocycles. The highest BCUT2D eigenvalue weighted by molar-refractivity contribution is 7.99. The number of carbonyl (C=O) groups excluding carboxylic acids is 1. The molecule has 0 unspecified atom stereocenters. The number of nitrogens with zero attached hydrogens (tertiary/aromatic N) is 4. The number of nitrogens with one attached hydrogen (secondary N) is 1. The van der Waals surface area contributed by atoms with Crippen molar-refractivity contribution in [1.29, 1.82) is 0 Å². The smallest absolute Gasteiger partial charge is 0.282 e. The minimum atomic E-state index is -0.234. The Morgan fingerprint density at radius 2 is 1.83 bits per heavy atom. The molecule has 182 valence electrons. The molecule has 4 rings (SSSR count). The van der Waals surface area contributed by atoms with Crippen LogP contribution in [0.4, 0.5) is 5.69 Å². The van der Waals surface area contributed by atoms with Gasteiger partial charge in [-0.25, -0.2) is 4.98 Å². The molecule has 0 fully saturated rings. The average molecular weight is 494 g/mol. The molecule has 0 saturated heterocycles. The molecular weight excluding hydrogens is 466 g/mol. The van der Waals surface area contributed by atoms with Crippen molar-refractivity contribution in [2.24, 2.45) is 0 Å². The molecule has 0 bridgehead atoms. The van der Waals surface area contributed by atoms with E-state index < -0.39 is 0 Å². The van der Waals surface area contributed by atoms with Gasteiger partial charge in [-0.1, -0.05) is 41.6 Å². The number of anilines is 1. The van der Waals surface area contributed by atoms with E-state index in [0.717, 1.165) is 11.1 Å². The van der Waals surface area contributed by atoms with Crippen LogP contribution in [0.3, 0.4) is 0 Å². The predicted octanol–water partition coefficient (Wildman–Crippen LogP) is 3.72. The molecule has 4 aromatic rings. The average Bonchev–Trinajstić information content (AvgIpc) is 3.29. The Bertz CT molecular complexity index is 1410. The highest BCUT2D eigenvalue weighted by Crippen LogP contribution is 2.30. The Balaban J connectivity index is 1.59. The molecule has 2 aromatic carbocycles. The molecule has 2 aromatic heterocycles. The second-order valence-electron chi connectivity index (χ2n) is 7.90. The predicted molar refractivity (Wildman–Crippen MR) is 137 cm³/mol. The fourth-order valence-electron chi connectivity index (χ4n) is 3.55. The summed E-state index contributed by atoms with van der Waals surface area (Å²) in [6, 6.07) is 13.1. The number of ether oxygens (including phenoxy) is 2. The molecule has 0 aliphatic carbocycles. The van der Waals surface area contributed by atoms with Crippen molar-refractivity contribution in [3.63, 3.8) is 0 Å². The third-order valence-electron chi connectivity index (χ3n) is 5.42. The van der Waals surface area contributed by atoms with E-state index >= 15 is 0 Å². The number of benzene rings is 2. The Hall–Kier alpha value is -3.79. The minimum Gasteiger partial charge on any atom is -0.493 e. The van der Waals surface area contributed by atoms with Gasteiger partial charge >= 0.3 is 0 Å². The fraction of sp³-hybridized carbons (Fsp3) is 0.280. The van der Waals surface area contributed by atoms with Crippen LogP contribution in [-0.2, 0) is 17.9 Å². The van der Waals surface area contributed by atoms with Crippen LogP contribution in [0.15, 0.2) is 58.6 Å². The molecule has 2 heterocycles. The third kappa shape index (κ3) is 5.48. The second kappa shape index (κ2) is 10.6. The SMILES string of the molecule is CCn1cc2nc(SCC(=O)Nc3ccc(OC)c(OC)c3)n(Cc3ccc(C)cc3)c(=O)c2n1. The van der Waals surface area contributed by atoms with Crippen molar-refractivity contribution in [2.45, 2.75) is 32.1 Å². The molecule has 35 heavy (non-hydrogen) atoms. The summed E-state index contributed by atoms with van der Waals surface area (Å²) in [7, 11) is 3.09. The second-order valence-corrected chi connectivity index (χ2v) is 8.84.